The molecule has 1 aromatic rings. The second-order valence-electron chi connectivity index (χ2n) is 2.85. The largest absolute Gasteiger partial charge is 0.363 e. The van der Waals surface area contributed by atoms with E-state index in [1.807, 2.05) is 0 Å². The second kappa shape index (κ2) is 5.04. The Bertz CT molecular complexity index is 395. The van der Waals surface area contributed by atoms with Crippen molar-refractivity contribution in [1.82, 2.24) is 9.88 Å². The lowest BCUT2D eigenvalue weighted by Crippen LogP contribution is -2.16. The van der Waals surface area contributed by atoms with Crippen LogP contribution in [0.15, 0.2) is 23.4 Å². The van der Waals surface area contributed by atoms with E-state index in [1.54, 1.807) is 19.0 Å². The molecule has 0 bridgehead atoms. The summed E-state index contributed by atoms with van der Waals surface area (Å²) in [6.07, 6.45) is 1.51. The van der Waals surface area contributed by atoms with Crippen LogP contribution in [0.2, 0.25) is 0 Å². The summed E-state index contributed by atoms with van der Waals surface area (Å²) in [4.78, 5) is 15.8. The highest BCUT2D eigenvalue weighted by molar-refractivity contribution is 8.22. The van der Waals surface area contributed by atoms with Gasteiger partial charge in [-0.25, -0.2) is 4.98 Å². The first-order chi connectivity index (χ1) is 7.02. The van der Waals surface area contributed by atoms with Crippen LogP contribution in [0, 0.1) is 10.1 Å². The van der Waals surface area contributed by atoms with Gasteiger partial charge in [0.15, 0.2) is 5.03 Å². The van der Waals surface area contributed by atoms with Crippen molar-refractivity contribution in [2.45, 2.75) is 5.03 Å². The van der Waals surface area contributed by atoms with E-state index >= 15 is 0 Å². The first-order valence-electron chi connectivity index (χ1n) is 4.01. The number of pyridine rings is 1. The summed E-state index contributed by atoms with van der Waals surface area (Å²) >= 11 is 6.14. The summed E-state index contributed by atoms with van der Waals surface area (Å²) in [5.74, 6) is 0. The summed E-state index contributed by atoms with van der Waals surface area (Å²) in [5.41, 5.74) is -0.0216. The number of hydrogen-bond acceptors (Lipinski definition) is 5. The third-order valence-electron chi connectivity index (χ3n) is 1.50. The van der Waals surface area contributed by atoms with E-state index in [4.69, 9.17) is 12.2 Å². The third kappa shape index (κ3) is 3.14. The van der Waals surface area contributed by atoms with Gasteiger partial charge in [0, 0.05) is 26.4 Å². The molecule has 0 saturated heterocycles. The molecule has 0 aromatic carbocycles. The van der Waals surface area contributed by atoms with Gasteiger partial charge >= 0.3 is 5.69 Å². The van der Waals surface area contributed by atoms with Crippen LogP contribution in [0.3, 0.4) is 0 Å². The average Bonchev–Trinajstić information content (AvgIpc) is 2.18. The van der Waals surface area contributed by atoms with Crippen LogP contribution in [0.1, 0.15) is 0 Å². The average molecular weight is 243 g/mol. The molecule has 5 nitrogen and oxygen atoms in total. The molecule has 0 aliphatic carbocycles. The van der Waals surface area contributed by atoms with Gasteiger partial charge in [-0.15, -0.1) is 0 Å². The molecule has 1 heterocycles. The fourth-order valence-electron chi connectivity index (χ4n) is 0.774. The lowest BCUT2D eigenvalue weighted by atomic mass is 10.4. The van der Waals surface area contributed by atoms with E-state index in [1.165, 1.54) is 18.3 Å². The Kier molecular flexibility index (Phi) is 3.98. The molecule has 1 rings (SSSR count). The Morgan fingerprint density at radius 2 is 2.33 bits per heavy atom. The number of nitrogens with zero attached hydrogens (tertiary/aromatic N) is 3. The Hall–Kier alpha value is -1.21. The third-order valence-corrected chi connectivity index (χ3v) is 3.16. The minimum absolute atomic E-state index is 0.0216. The van der Waals surface area contributed by atoms with Gasteiger partial charge in [-0.1, -0.05) is 12.2 Å². The highest BCUT2D eigenvalue weighted by Crippen LogP contribution is 2.27. The summed E-state index contributed by atoms with van der Waals surface area (Å²) in [6, 6.07) is 2.94. The maximum atomic E-state index is 10.7. The molecular formula is C8H9N3O2S2. The predicted molar refractivity (Wildman–Crippen MR) is 63.0 cm³/mol. The van der Waals surface area contributed by atoms with E-state index in [0.717, 1.165) is 11.8 Å². The number of thiocarbonyl (C=S) groups is 1. The molecule has 15 heavy (non-hydrogen) atoms. The first-order valence-corrected chi connectivity index (χ1v) is 5.23. The van der Waals surface area contributed by atoms with Crippen molar-refractivity contribution < 1.29 is 4.92 Å². The van der Waals surface area contributed by atoms with Gasteiger partial charge in [-0.3, -0.25) is 10.1 Å². The Labute approximate surface area is 96.6 Å². The zero-order valence-corrected chi connectivity index (χ0v) is 9.84. The van der Waals surface area contributed by atoms with Gasteiger partial charge in [-0.05, 0) is 17.8 Å². The Morgan fingerprint density at radius 3 is 2.87 bits per heavy atom. The van der Waals surface area contributed by atoms with E-state index < -0.39 is 4.92 Å². The topological polar surface area (TPSA) is 59.3 Å². The fourth-order valence-corrected chi connectivity index (χ4v) is 1.72. The number of nitro groups is 1. The van der Waals surface area contributed by atoms with Crippen LogP contribution in [0.25, 0.3) is 0 Å². The number of aromatic nitrogens is 1. The second-order valence-corrected chi connectivity index (χ2v) is 4.47. The van der Waals surface area contributed by atoms with Gasteiger partial charge in [0.1, 0.15) is 4.32 Å². The molecular weight excluding hydrogens is 234 g/mol. The predicted octanol–water partition coefficient (Wildman–Crippen LogP) is 1.93. The van der Waals surface area contributed by atoms with Crippen molar-refractivity contribution in [1.29, 1.82) is 0 Å². The molecule has 0 N–H and O–H groups in total. The van der Waals surface area contributed by atoms with Gasteiger partial charge in [0.05, 0.1) is 4.92 Å². The molecule has 0 unspecified atom stereocenters. The lowest BCUT2D eigenvalue weighted by Gasteiger charge is -2.11. The normalized spacial score (nSPS) is 9.73. The van der Waals surface area contributed by atoms with Gasteiger partial charge in [-0.2, -0.15) is 0 Å². The molecule has 7 heteroatoms. The smallest absolute Gasteiger partial charge is 0.301 e. The van der Waals surface area contributed by atoms with Crippen LogP contribution in [-0.4, -0.2) is 33.2 Å². The highest BCUT2D eigenvalue weighted by Gasteiger charge is 2.16. The quantitative estimate of drug-likeness (QED) is 0.342. The monoisotopic (exact) mass is 243 g/mol. The number of hydrogen-bond donors (Lipinski definition) is 0. The SMILES string of the molecule is CN(C)C(=S)Sc1ncccc1[N+](=O)[O-]. The number of thioether (sulfide) groups is 1. The van der Waals surface area contributed by atoms with Crippen molar-refractivity contribution in [2.75, 3.05) is 14.1 Å². The summed E-state index contributed by atoms with van der Waals surface area (Å²) < 4.78 is 0.539. The Balaban J connectivity index is 2.94. The molecule has 0 saturated carbocycles. The minimum Gasteiger partial charge on any atom is -0.363 e. The molecule has 0 fully saturated rings. The summed E-state index contributed by atoms with van der Waals surface area (Å²) in [7, 11) is 3.56. The maximum Gasteiger partial charge on any atom is 0.301 e. The molecule has 0 amide bonds. The van der Waals surface area contributed by atoms with Crippen molar-refractivity contribution in [2.24, 2.45) is 0 Å². The first kappa shape index (κ1) is 11.9. The van der Waals surface area contributed by atoms with E-state index in [2.05, 4.69) is 4.98 Å². The van der Waals surface area contributed by atoms with Crippen molar-refractivity contribution >= 4 is 34.0 Å². The molecule has 0 atom stereocenters. The van der Waals surface area contributed by atoms with Crippen LogP contribution >= 0.6 is 24.0 Å². The molecule has 0 radical (unpaired) electrons. The van der Waals surface area contributed by atoms with Gasteiger partial charge < -0.3 is 4.90 Å². The Morgan fingerprint density at radius 1 is 1.67 bits per heavy atom. The standard InChI is InChI=1S/C8H9N3O2S2/c1-10(2)8(14)15-7-6(11(12)13)4-3-5-9-7/h3-5H,1-2H3. The number of rotatable bonds is 2. The maximum absolute atomic E-state index is 10.7. The molecule has 1 aromatic heterocycles. The van der Waals surface area contributed by atoms with Crippen LogP contribution in [0.5, 0.6) is 0 Å². The minimum atomic E-state index is -0.465. The van der Waals surface area contributed by atoms with Gasteiger partial charge in [0.2, 0.25) is 0 Å². The lowest BCUT2D eigenvalue weighted by molar-refractivity contribution is -0.388. The zero-order valence-electron chi connectivity index (χ0n) is 8.21. The van der Waals surface area contributed by atoms with Crippen LogP contribution in [-0.2, 0) is 0 Å². The van der Waals surface area contributed by atoms with Gasteiger partial charge in [0.25, 0.3) is 0 Å². The molecule has 0 aliphatic heterocycles. The molecule has 0 aliphatic rings. The highest BCUT2D eigenvalue weighted by atomic mass is 32.2. The van der Waals surface area contributed by atoms with Crippen molar-refractivity contribution in [3.63, 3.8) is 0 Å². The molecule has 80 valence electrons. The zero-order chi connectivity index (χ0) is 11.4. The van der Waals surface area contributed by atoms with Crippen LogP contribution in [0.4, 0.5) is 5.69 Å². The molecule has 0 spiro atoms. The fraction of sp³-hybridized carbons (Fsp3) is 0.250. The van der Waals surface area contributed by atoms with Crippen molar-refractivity contribution in [3.05, 3.63) is 28.4 Å². The van der Waals surface area contributed by atoms with Crippen LogP contribution < -0.4 is 0 Å². The van der Waals surface area contributed by atoms with E-state index in [0.29, 0.717) is 9.35 Å². The summed E-state index contributed by atoms with van der Waals surface area (Å²) in [6.45, 7) is 0. The van der Waals surface area contributed by atoms with Crippen molar-refractivity contribution in [3.8, 4) is 0 Å². The summed E-state index contributed by atoms with van der Waals surface area (Å²) in [5, 5.41) is 11.0. The van der Waals surface area contributed by atoms with E-state index in [9.17, 15) is 10.1 Å². The van der Waals surface area contributed by atoms with E-state index in [-0.39, 0.29) is 5.69 Å².